The van der Waals surface area contributed by atoms with Crippen molar-refractivity contribution in [2.45, 2.75) is 6.43 Å². The zero-order valence-corrected chi connectivity index (χ0v) is 6.75. The van der Waals surface area contributed by atoms with Gasteiger partial charge in [0.2, 0.25) is 0 Å². The highest BCUT2D eigenvalue weighted by atomic mass is 19.3. The molecule has 0 bridgehead atoms. The Morgan fingerprint density at radius 3 is 2.57 bits per heavy atom. The molecule has 1 heterocycles. The van der Waals surface area contributed by atoms with Crippen molar-refractivity contribution in [3.63, 3.8) is 0 Å². The van der Waals surface area contributed by atoms with Gasteiger partial charge in [0.05, 0.1) is 11.3 Å². The Hall–Kier alpha value is -1.92. The van der Waals surface area contributed by atoms with Crippen LogP contribution >= 0.6 is 0 Å². The number of carbonyl (C=O) groups is 1. The number of rotatable bonds is 2. The molecule has 0 fully saturated rings. The summed E-state index contributed by atoms with van der Waals surface area (Å²) in [5.74, 6) is -2.10. The second-order valence-electron chi connectivity index (χ2n) is 2.48. The summed E-state index contributed by atoms with van der Waals surface area (Å²) in [4.78, 5) is 23.1. The monoisotopic (exact) mass is 204 g/mol. The summed E-state index contributed by atoms with van der Waals surface area (Å²) in [7, 11) is 0. The average Bonchev–Trinajstić information content (AvgIpc) is 2.08. The fourth-order valence-electron chi connectivity index (χ4n) is 0.878. The van der Waals surface area contributed by atoms with Crippen LogP contribution in [0.5, 0.6) is 5.75 Å². The van der Waals surface area contributed by atoms with Crippen LogP contribution in [0.1, 0.15) is 22.5 Å². The van der Waals surface area contributed by atoms with E-state index in [4.69, 9.17) is 10.8 Å². The number of alkyl halides is 2. The largest absolute Gasteiger partial charge is 0.502 e. The SMILES string of the molecule is NC(=O)c1cc(C(F)F)[nH]c(=O)c1O. The van der Waals surface area contributed by atoms with E-state index < -0.39 is 34.9 Å². The fourth-order valence-corrected chi connectivity index (χ4v) is 0.878. The number of halogens is 2. The number of aromatic amines is 1. The van der Waals surface area contributed by atoms with Gasteiger partial charge in [-0.15, -0.1) is 0 Å². The molecule has 0 aliphatic carbocycles. The van der Waals surface area contributed by atoms with Crippen molar-refractivity contribution < 1.29 is 18.7 Å². The van der Waals surface area contributed by atoms with Gasteiger partial charge < -0.3 is 15.8 Å². The number of nitrogens with one attached hydrogen (secondary N) is 1. The fraction of sp³-hybridized carbons (Fsp3) is 0.143. The molecule has 5 nitrogen and oxygen atoms in total. The van der Waals surface area contributed by atoms with Crippen LogP contribution in [0.25, 0.3) is 0 Å². The van der Waals surface area contributed by atoms with Gasteiger partial charge >= 0.3 is 0 Å². The van der Waals surface area contributed by atoms with Crippen molar-refractivity contribution in [2.24, 2.45) is 5.73 Å². The van der Waals surface area contributed by atoms with Gasteiger partial charge in [-0.1, -0.05) is 0 Å². The molecule has 0 radical (unpaired) electrons. The molecule has 0 aliphatic heterocycles. The lowest BCUT2D eigenvalue weighted by Gasteiger charge is -2.03. The molecule has 0 atom stereocenters. The molecule has 0 aliphatic rings. The summed E-state index contributed by atoms with van der Waals surface area (Å²) in [6.45, 7) is 0. The van der Waals surface area contributed by atoms with E-state index in [2.05, 4.69) is 0 Å². The quantitative estimate of drug-likeness (QED) is 0.638. The Kier molecular flexibility index (Phi) is 2.50. The molecule has 1 aromatic rings. The third-order valence-corrected chi connectivity index (χ3v) is 1.53. The lowest BCUT2D eigenvalue weighted by molar-refractivity contribution is 0.0996. The third-order valence-electron chi connectivity index (χ3n) is 1.53. The van der Waals surface area contributed by atoms with Gasteiger partial charge in [-0.2, -0.15) is 0 Å². The van der Waals surface area contributed by atoms with Crippen molar-refractivity contribution in [2.75, 3.05) is 0 Å². The summed E-state index contributed by atoms with van der Waals surface area (Å²) in [6.07, 6.45) is -2.94. The smallest absolute Gasteiger partial charge is 0.291 e. The Bertz CT molecular complexity index is 427. The van der Waals surface area contributed by atoms with Gasteiger partial charge in [0.1, 0.15) is 0 Å². The molecule has 76 valence electrons. The van der Waals surface area contributed by atoms with Gasteiger partial charge in [0.15, 0.2) is 5.75 Å². The normalized spacial score (nSPS) is 10.5. The first-order valence-electron chi connectivity index (χ1n) is 3.47. The van der Waals surface area contributed by atoms with Crippen LogP contribution in [0, 0.1) is 0 Å². The van der Waals surface area contributed by atoms with E-state index in [1.807, 2.05) is 0 Å². The van der Waals surface area contributed by atoms with Gasteiger partial charge in [0, 0.05) is 0 Å². The van der Waals surface area contributed by atoms with E-state index in [1.165, 1.54) is 0 Å². The first-order valence-corrected chi connectivity index (χ1v) is 3.47. The van der Waals surface area contributed by atoms with Crippen LogP contribution in [0.15, 0.2) is 10.9 Å². The average molecular weight is 204 g/mol. The van der Waals surface area contributed by atoms with Crippen LogP contribution in [0.3, 0.4) is 0 Å². The molecule has 0 aromatic carbocycles. The number of aromatic hydroxyl groups is 1. The number of hydrogen-bond acceptors (Lipinski definition) is 3. The number of amides is 1. The maximum atomic E-state index is 12.1. The molecule has 0 unspecified atom stereocenters. The minimum absolute atomic E-state index is 0.621. The molecule has 1 amide bonds. The van der Waals surface area contributed by atoms with Crippen molar-refractivity contribution in [3.8, 4) is 5.75 Å². The summed E-state index contributed by atoms with van der Waals surface area (Å²) >= 11 is 0. The molecule has 7 heteroatoms. The Labute approximate surface area is 76.2 Å². The number of hydrogen-bond donors (Lipinski definition) is 3. The predicted octanol–water partition coefficient (Wildman–Crippen LogP) is 0.117. The van der Waals surface area contributed by atoms with Gasteiger partial charge in [-0.3, -0.25) is 9.59 Å². The minimum Gasteiger partial charge on any atom is -0.502 e. The van der Waals surface area contributed by atoms with Crippen LogP contribution in [-0.2, 0) is 0 Å². The summed E-state index contributed by atoms with van der Waals surface area (Å²) in [5.41, 5.74) is 2.20. The van der Waals surface area contributed by atoms with Crippen LogP contribution in [0.4, 0.5) is 8.78 Å². The molecular formula is C7H6F2N2O3. The van der Waals surface area contributed by atoms with Crippen LogP contribution in [0.2, 0.25) is 0 Å². The standard InChI is InChI=1S/C7H6F2N2O3/c8-5(9)3-1-2(6(10)13)4(12)7(14)11-3/h1,5,12H,(H2,10,13)(H,11,14). The van der Waals surface area contributed by atoms with Crippen molar-refractivity contribution >= 4 is 5.91 Å². The highest BCUT2D eigenvalue weighted by Gasteiger charge is 2.17. The number of H-pyrrole nitrogens is 1. The minimum atomic E-state index is -2.94. The molecular weight excluding hydrogens is 198 g/mol. The second kappa shape index (κ2) is 3.44. The van der Waals surface area contributed by atoms with Crippen LogP contribution in [-0.4, -0.2) is 16.0 Å². The molecule has 0 spiro atoms. The highest BCUT2D eigenvalue weighted by molar-refractivity contribution is 5.95. The van der Waals surface area contributed by atoms with Gasteiger partial charge in [-0.05, 0) is 6.07 Å². The number of carbonyl (C=O) groups excluding carboxylic acids is 1. The summed E-state index contributed by atoms with van der Waals surface area (Å²) in [6, 6.07) is 0.643. The first-order chi connectivity index (χ1) is 6.43. The topological polar surface area (TPSA) is 96.2 Å². The summed E-state index contributed by atoms with van der Waals surface area (Å²) in [5, 5.41) is 8.98. The number of aromatic nitrogens is 1. The lowest BCUT2D eigenvalue weighted by Crippen LogP contribution is -2.18. The van der Waals surface area contributed by atoms with E-state index in [0.717, 1.165) is 0 Å². The predicted molar refractivity (Wildman–Crippen MR) is 42.2 cm³/mol. The molecule has 1 aromatic heterocycles. The molecule has 14 heavy (non-hydrogen) atoms. The van der Waals surface area contributed by atoms with Crippen molar-refractivity contribution in [3.05, 3.63) is 27.7 Å². The van der Waals surface area contributed by atoms with E-state index in [0.29, 0.717) is 6.07 Å². The number of pyridine rings is 1. The Morgan fingerprint density at radius 2 is 2.14 bits per heavy atom. The Morgan fingerprint density at radius 1 is 1.57 bits per heavy atom. The van der Waals surface area contributed by atoms with E-state index in [9.17, 15) is 18.4 Å². The molecule has 0 saturated carbocycles. The van der Waals surface area contributed by atoms with Gasteiger partial charge in [-0.25, -0.2) is 8.78 Å². The highest BCUT2D eigenvalue weighted by Crippen LogP contribution is 2.19. The zero-order valence-electron chi connectivity index (χ0n) is 6.75. The summed E-state index contributed by atoms with van der Waals surface area (Å²) < 4.78 is 24.2. The van der Waals surface area contributed by atoms with E-state index in [-0.39, 0.29) is 0 Å². The molecule has 0 saturated heterocycles. The second-order valence-corrected chi connectivity index (χ2v) is 2.48. The van der Waals surface area contributed by atoms with E-state index >= 15 is 0 Å². The van der Waals surface area contributed by atoms with Gasteiger partial charge in [0.25, 0.3) is 17.9 Å². The van der Waals surface area contributed by atoms with Crippen molar-refractivity contribution in [1.82, 2.24) is 4.98 Å². The van der Waals surface area contributed by atoms with Crippen LogP contribution < -0.4 is 11.3 Å². The lowest BCUT2D eigenvalue weighted by atomic mass is 10.2. The van der Waals surface area contributed by atoms with Crippen molar-refractivity contribution in [1.29, 1.82) is 0 Å². The molecule has 4 N–H and O–H groups in total. The number of nitrogens with two attached hydrogens (primary N) is 1. The zero-order chi connectivity index (χ0) is 10.9. The van der Waals surface area contributed by atoms with E-state index in [1.54, 1.807) is 4.98 Å². The maximum absolute atomic E-state index is 12.1. The maximum Gasteiger partial charge on any atom is 0.291 e. The Balaban J connectivity index is 3.43. The third kappa shape index (κ3) is 1.70. The number of primary amides is 1. The molecule has 1 rings (SSSR count). The first kappa shape index (κ1) is 10.2.